The number of hydrogen-bond acceptors (Lipinski definition) is 6. The number of alkyl halides is 3. The van der Waals surface area contributed by atoms with E-state index in [2.05, 4.69) is 29.1 Å². The number of nitrogens with one attached hydrogen (secondary N) is 1. The molecule has 0 bridgehead atoms. The van der Waals surface area contributed by atoms with Crippen molar-refractivity contribution in [2.45, 2.75) is 77.1 Å². The van der Waals surface area contributed by atoms with Gasteiger partial charge in [-0.3, -0.25) is 9.59 Å². The van der Waals surface area contributed by atoms with E-state index >= 15 is 0 Å². The smallest absolute Gasteiger partial charge is 0.406 e. The summed E-state index contributed by atoms with van der Waals surface area (Å²) < 4.78 is 41.6. The Kier molecular flexibility index (Phi) is 11.2. The molecular weight excluding hydrogens is 565 g/mol. The number of nitrogens with zero attached hydrogens (tertiary/aromatic N) is 2. The van der Waals surface area contributed by atoms with Gasteiger partial charge in [0.2, 0.25) is 5.91 Å². The molecular formula is C28H34ClF3N4O5. The fraction of sp³-hybridized carbons (Fsp3) is 0.464. The molecule has 0 aromatic heterocycles. The van der Waals surface area contributed by atoms with E-state index in [-0.39, 0.29) is 35.6 Å². The van der Waals surface area contributed by atoms with Crippen LogP contribution in [0.1, 0.15) is 68.7 Å². The number of carbonyl (C=O) groups excluding carboxylic acids is 2. The molecule has 0 radical (unpaired) electrons. The van der Waals surface area contributed by atoms with E-state index in [1.165, 1.54) is 0 Å². The van der Waals surface area contributed by atoms with Crippen molar-refractivity contribution in [2.24, 2.45) is 10.9 Å². The van der Waals surface area contributed by atoms with Crippen LogP contribution in [0.15, 0.2) is 47.6 Å². The van der Waals surface area contributed by atoms with E-state index < -0.39 is 36.1 Å². The van der Waals surface area contributed by atoms with Crippen LogP contribution in [0.5, 0.6) is 5.75 Å². The number of oxime groups is 1. The van der Waals surface area contributed by atoms with E-state index in [9.17, 15) is 27.9 Å². The lowest BCUT2D eigenvalue weighted by atomic mass is 9.98. The molecule has 2 amide bonds. The number of nitrogens with two attached hydrogens (primary N) is 1. The number of rotatable bonds is 13. The van der Waals surface area contributed by atoms with Gasteiger partial charge in [-0.15, -0.1) is 13.2 Å². The zero-order valence-corrected chi connectivity index (χ0v) is 23.5. The Morgan fingerprint density at radius 1 is 1.17 bits per heavy atom. The summed E-state index contributed by atoms with van der Waals surface area (Å²) in [5, 5.41) is 17.2. The largest absolute Gasteiger partial charge is 0.573 e. The van der Waals surface area contributed by atoms with Crippen molar-refractivity contribution in [3.8, 4) is 5.75 Å². The Balaban J connectivity index is 1.55. The summed E-state index contributed by atoms with van der Waals surface area (Å²) in [6, 6.07) is 9.18. The third-order valence-corrected chi connectivity index (χ3v) is 6.74. The summed E-state index contributed by atoms with van der Waals surface area (Å²) in [7, 11) is 0. The summed E-state index contributed by atoms with van der Waals surface area (Å²) >= 11 is 5.84. The number of carbonyl (C=O) groups is 2. The number of amides is 2. The van der Waals surface area contributed by atoms with Crippen LogP contribution in [0.4, 0.5) is 13.2 Å². The van der Waals surface area contributed by atoms with Crippen LogP contribution >= 0.6 is 11.6 Å². The highest BCUT2D eigenvalue weighted by atomic mass is 35.5. The van der Waals surface area contributed by atoms with Crippen LogP contribution in [0.2, 0.25) is 5.02 Å². The Bertz CT molecular complexity index is 1220. The lowest BCUT2D eigenvalue weighted by Crippen LogP contribution is -2.59. The number of ether oxygens (including phenoxy) is 1. The molecule has 1 saturated heterocycles. The van der Waals surface area contributed by atoms with Crippen molar-refractivity contribution in [3.05, 3.63) is 64.2 Å². The Labute approximate surface area is 241 Å². The van der Waals surface area contributed by atoms with Gasteiger partial charge in [0.1, 0.15) is 17.9 Å². The molecule has 41 heavy (non-hydrogen) atoms. The molecule has 0 saturated carbocycles. The topological polar surface area (TPSA) is 126 Å². The summed E-state index contributed by atoms with van der Waals surface area (Å²) in [4.78, 5) is 32.4. The SMILES string of the molecule is CCCC(CCC)O/N=C(/N)c1ccc(CNC(=O)C2CCN2C(=O)C(O)c2cc(Cl)cc(OC(F)(F)F)c2)cc1. The van der Waals surface area contributed by atoms with Crippen molar-refractivity contribution in [3.63, 3.8) is 0 Å². The Morgan fingerprint density at radius 2 is 1.83 bits per heavy atom. The normalized spacial score (nSPS) is 16.2. The van der Waals surface area contributed by atoms with Crippen LogP contribution in [0, 0.1) is 0 Å². The summed E-state index contributed by atoms with van der Waals surface area (Å²) in [5.41, 5.74) is 7.32. The first kappa shape index (κ1) is 32.0. The van der Waals surface area contributed by atoms with E-state index in [4.69, 9.17) is 22.2 Å². The van der Waals surface area contributed by atoms with Crippen molar-refractivity contribution < 1.29 is 37.4 Å². The number of hydrogen-bond donors (Lipinski definition) is 3. The molecule has 224 valence electrons. The van der Waals surface area contributed by atoms with Gasteiger partial charge in [0, 0.05) is 23.7 Å². The predicted molar refractivity (Wildman–Crippen MR) is 147 cm³/mol. The third-order valence-electron chi connectivity index (χ3n) is 6.52. The fourth-order valence-electron chi connectivity index (χ4n) is 4.34. The van der Waals surface area contributed by atoms with Gasteiger partial charge in [0.15, 0.2) is 11.9 Å². The van der Waals surface area contributed by atoms with Gasteiger partial charge >= 0.3 is 6.36 Å². The molecule has 2 aromatic rings. The Hall–Kier alpha value is -3.51. The second kappa shape index (κ2) is 14.4. The van der Waals surface area contributed by atoms with Crippen LogP contribution < -0.4 is 15.8 Å². The number of aliphatic hydroxyl groups is 1. The van der Waals surface area contributed by atoms with Crippen LogP contribution in [-0.2, 0) is 21.0 Å². The van der Waals surface area contributed by atoms with Crippen LogP contribution in [-0.4, -0.2) is 52.7 Å². The monoisotopic (exact) mass is 598 g/mol. The first-order valence-electron chi connectivity index (χ1n) is 13.3. The standard InChI is InChI=1S/C28H34ClF3N4O5/c1-3-5-21(6-4-2)41-35-25(33)18-9-7-17(8-10-18)16-34-26(38)23-11-12-36(23)27(39)24(37)19-13-20(29)15-22(14-19)40-28(30,31)32/h7-10,13-15,21,23-24,37H,3-6,11-12,16H2,1-2H3,(H2,33,35)(H,34,38). The van der Waals surface area contributed by atoms with Gasteiger partial charge in [-0.05, 0) is 48.6 Å². The molecule has 0 spiro atoms. The van der Waals surface area contributed by atoms with Crippen LogP contribution in [0.25, 0.3) is 0 Å². The third kappa shape index (κ3) is 9.25. The number of likely N-dealkylation sites (tertiary alicyclic amines) is 1. The molecule has 1 aliphatic heterocycles. The second-order valence-electron chi connectivity index (χ2n) is 9.70. The molecule has 3 rings (SSSR count). The number of benzene rings is 2. The maximum atomic E-state index is 12.8. The van der Waals surface area contributed by atoms with Gasteiger partial charge in [0.25, 0.3) is 5.91 Å². The quantitative estimate of drug-likeness (QED) is 0.173. The fourth-order valence-corrected chi connectivity index (χ4v) is 4.57. The maximum absolute atomic E-state index is 12.8. The number of aliphatic hydroxyl groups excluding tert-OH is 1. The van der Waals surface area contributed by atoms with Gasteiger partial charge in [-0.1, -0.05) is 67.7 Å². The average Bonchev–Trinajstić information content (AvgIpc) is 2.88. The summed E-state index contributed by atoms with van der Waals surface area (Å²) in [6.45, 7) is 4.54. The molecule has 2 unspecified atom stereocenters. The van der Waals surface area contributed by atoms with Crippen molar-refractivity contribution in [2.75, 3.05) is 6.54 Å². The van der Waals surface area contributed by atoms with Crippen LogP contribution in [0.3, 0.4) is 0 Å². The van der Waals surface area contributed by atoms with E-state index in [0.29, 0.717) is 12.0 Å². The minimum atomic E-state index is -4.97. The Morgan fingerprint density at radius 3 is 2.39 bits per heavy atom. The molecule has 2 aromatic carbocycles. The van der Waals surface area contributed by atoms with Gasteiger partial charge in [-0.25, -0.2) is 0 Å². The second-order valence-corrected chi connectivity index (χ2v) is 10.1. The number of halogens is 4. The van der Waals surface area contributed by atoms with Crippen molar-refractivity contribution >= 4 is 29.3 Å². The lowest BCUT2D eigenvalue weighted by Gasteiger charge is -2.40. The van der Waals surface area contributed by atoms with Gasteiger partial charge in [-0.2, -0.15) is 0 Å². The lowest BCUT2D eigenvalue weighted by molar-refractivity contribution is -0.274. The molecule has 0 aliphatic carbocycles. The molecule has 2 atom stereocenters. The van der Waals surface area contributed by atoms with Crippen molar-refractivity contribution in [1.82, 2.24) is 10.2 Å². The van der Waals surface area contributed by atoms with Gasteiger partial charge in [0.05, 0.1) is 0 Å². The van der Waals surface area contributed by atoms with E-state index in [0.717, 1.165) is 54.3 Å². The highest BCUT2D eigenvalue weighted by Crippen LogP contribution is 2.31. The highest BCUT2D eigenvalue weighted by molar-refractivity contribution is 6.30. The molecule has 13 heteroatoms. The minimum Gasteiger partial charge on any atom is -0.406 e. The zero-order chi connectivity index (χ0) is 30.2. The first-order valence-corrected chi connectivity index (χ1v) is 13.7. The number of amidine groups is 1. The molecule has 1 aliphatic rings. The highest BCUT2D eigenvalue weighted by Gasteiger charge is 2.40. The summed E-state index contributed by atoms with van der Waals surface area (Å²) in [6.07, 6.45) is -2.67. The van der Waals surface area contributed by atoms with Gasteiger partial charge < -0.3 is 30.6 Å². The molecule has 9 nitrogen and oxygen atoms in total. The molecule has 1 heterocycles. The van der Waals surface area contributed by atoms with Crippen molar-refractivity contribution in [1.29, 1.82) is 0 Å². The predicted octanol–water partition coefficient (Wildman–Crippen LogP) is 4.80. The average molecular weight is 599 g/mol. The van der Waals surface area contributed by atoms with E-state index in [1.807, 2.05) is 0 Å². The maximum Gasteiger partial charge on any atom is 0.573 e. The zero-order valence-electron chi connectivity index (χ0n) is 22.8. The molecule has 4 N–H and O–H groups in total. The minimum absolute atomic E-state index is 0.0171. The van der Waals surface area contributed by atoms with E-state index in [1.54, 1.807) is 24.3 Å². The molecule has 1 fully saturated rings. The summed E-state index contributed by atoms with van der Waals surface area (Å²) in [5.74, 6) is -1.69. The first-order chi connectivity index (χ1) is 19.4.